The maximum atomic E-state index is 12.7. The van der Waals surface area contributed by atoms with Gasteiger partial charge in [-0.05, 0) is 18.1 Å². The van der Waals surface area contributed by atoms with E-state index in [1.54, 1.807) is 7.11 Å². The molecule has 1 saturated heterocycles. The second-order valence-electron chi connectivity index (χ2n) is 8.93. The Labute approximate surface area is 215 Å². The Morgan fingerprint density at radius 2 is 1.72 bits per heavy atom. The summed E-state index contributed by atoms with van der Waals surface area (Å²) in [6.45, 7) is 7.58. The summed E-state index contributed by atoms with van der Waals surface area (Å²) < 4.78 is 11.0. The Bertz CT molecular complexity index is 971. The van der Waals surface area contributed by atoms with Crippen molar-refractivity contribution in [3.63, 3.8) is 0 Å². The quantitative estimate of drug-likeness (QED) is 0.426. The summed E-state index contributed by atoms with van der Waals surface area (Å²) in [5.74, 6) is 1.02. The van der Waals surface area contributed by atoms with Gasteiger partial charge in [-0.1, -0.05) is 67.6 Å². The minimum atomic E-state index is 0.0341. The predicted molar refractivity (Wildman–Crippen MR) is 143 cm³/mol. The summed E-state index contributed by atoms with van der Waals surface area (Å²) in [4.78, 5) is 31.3. The molecule has 0 N–H and O–H groups in total. The van der Waals surface area contributed by atoms with Gasteiger partial charge in [-0.2, -0.15) is 0 Å². The highest BCUT2D eigenvalue weighted by atomic mass is 16.5. The Kier molecular flexibility index (Phi) is 11.5. The fourth-order valence-electron chi connectivity index (χ4n) is 4.21. The van der Waals surface area contributed by atoms with Crippen LogP contribution in [0.15, 0.2) is 60.7 Å². The van der Waals surface area contributed by atoms with Crippen LogP contribution in [0.4, 0.5) is 0 Å². The van der Waals surface area contributed by atoms with Crippen molar-refractivity contribution in [2.75, 3.05) is 59.5 Å². The number of nitrogens with zero attached hydrogens (tertiary/aromatic N) is 3. The third-order valence-electron chi connectivity index (χ3n) is 6.33. The molecular formula is C29H39N3O4. The molecule has 0 aromatic heterocycles. The van der Waals surface area contributed by atoms with Gasteiger partial charge in [-0.25, -0.2) is 0 Å². The largest absolute Gasteiger partial charge is 0.496 e. The van der Waals surface area contributed by atoms with Crippen LogP contribution in [0.1, 0.15) is 30.9 Å². The predicted octanol–water partition coefficient (Wildman–Crippen LogP) is 3.70. The number of para-hydroxylation sites is 1. The van der Waals surface area contributed by atoms with Gasteiger partial charge in [0.25, 0.3) is 0 Å². The number of hydrogen-bond acceptors (Lipinski definition) is 5. The molecule has 2 aromatic carbocycles. The average molecular weight is 494 g/mol. The van der Waals surface area contributed by atoms with Crippen LogP contribution in [0, 0.1) is 0 Å². The van der Waals surface area contributed by atoms with Crippen LogP contribution in [0.5, 0.6) is 5.75 Å². The van der Waals surface area contributed by atoms with Crippen molar-refractivity contribution in [3.8, 4) is 5.75 Å². The van der Waals surface area contributed by atoms with Crippen LogP contribution >= 0.6 is 0 Å². The topological polar surface area (TPSA) is 62.3 Å². The molecule has 1 fully saturated rings. The fraction of sp³-hybridized carbons (Fsp3) is 0.448. The average Bonchev–Trinajstić information content (AvgIpc) is 2.91. The van der Waals surface area contributed by atoms with E-state index >= 15 is 0 Å². The highest BCUT2D eigenvalue weighted by Crippen LogP contribution is 2.18. The van der Waals surface area contributed by atoms with Gasteiger partial charge >= 0.3 is 0 Å². The van der Waals surface area contributed by atoms with Gasteiger partial charge in [0.15, 0.2) is 0 Å². The van der Waals surface area contributed by atoms with Crippen molar-refractivity contribution < 1.29 is 19.1 Å². The molecule has 7 nitrogen and oxygen atoms in total. The second-order valence-corrected chi connectivity index (χ2v) is 8.93. The van der Waals surface area contributed by atoms with E-state index in [2.05, 4.69) is 4.90 Å². The van der Waals surface area contributed by atoms with Crippen molar-refractivity contribution in [1.29, 1.82) is 0 Å². The zero-order chi connectivity index (χ0) is 25.6. The zero-order valence-corrected chi connectivity index (χ0v) is 21.6. The SMILES string of the molecule is CCCC(=O)N(C/C=C/c1ccccc1OC)CCN1CCN(C(=O)COCc2ccccc2)CC1. The fourth-order valence-corrected chi connectivity index (χ4v) is 4.21. The first kappa shape index (κ1) is 27.4. The van der Waals surface area contributed by atoms with Gasteiger partial charge in [0.2, 0.25) is 11.8 Å². The van der Waals surface area contributed by atoms with Gasteiger partial charge in [-0.3, -0.25) is 14.5 Å². The Hall–Kier alpha value is -3.16. The molecule has 1 aliphatic heterocycles. The highest BCUT2D eigenvalue weighted by molar-refractivity contribution is 5.77. The monoisotopic (exact) mass is 493 g/mol. The molecule has 0 radical (unpaired) electrons. The molecule has 0 aliphatic carbocycles. The first-order valence-corrected chi connectivity index (χ1v) is 12.8. The summed E-state index contributed by atoms with van der Waals surface area (Å²) in [5.41, 5.74) is 2.06. The van der Waals surface area contributed by atoms with Gasteiger partial charge in [0, 0.05) is 57.8 Å². The van der Waals surface area contributed by atoms with Crippen LogP contribution in [0.25, 0.3) is 6.08 Å². The van der Waals surface area contributed by atoms with E-state index in [1.807, 2.05) is 83.5 Å². The molecule has 2 aromatic rings. The molecule has 36 heavy (non-hydrogen) atoms. The lowest BCUT2D eigenvalue weighted by molar-refractivity contribution is -0.138. The molecule has 0 spiro atoms. The third-order valence-corrected chi connectivity index (χ3v) is 6.33. The normalized spacial score (nSPS) is 14.2. The van der Waals surface area contributed by atoms with Crippen molar-refractivity contribution in [2.45, 2.75) is 26.4 Å². The van der Waals surface area contributed by atoms with Gasteiger partial charge < -0.3 is 19.3 Å². The number of methoxy groups -OCH3 is 1. The van der Waals surface area contributed by atoms with E-state index in [-0.39, 0.29) is 18.4 Å². The molecule has 0 bridgehead atoms. The number of benzene rings is 2. The Morgan fingerprint density at radius 1 is 1.00 bits per heavy atom. The van der Waals surface area contributed by atoms with Crippen molar-refractivity contribution in [3.05, 3.63) is 71.8 Å². The van der Waals surface area contributed by atoms with Crippen molar-refractivity contribution >= 4 is 17.9 Å². The van der Waals surface area contributed by atoms with E-state index in [0.29, 0.717) is 39.2 Å². The maximum absolute atomic E-state index is 12.7. The first-order chi connectivity index (χ1) is 17.6. The van der Waals surface area contributed by atoms with Crippen LogP contribution in [0.3, 0.4) is 0 Å². The molecule has 2 amide bonds. The first-order valence-electron chi connectivity index (χ1n) is 12.8. The van der Waals surface area contributed by atoms with E-state index < -0.39 is 0 Å². The highest BCUT2D eigenvalue weighted by Gasteiger charge is 2.22. The lowest BCUT2D eigenvalue weighted by Gasteiger charge is -2.35. The van der Waals surface area contributed by atoms with E-state index in [4.69, 9.17) is 9.47 Å². The van der Waals surface area contributed by atoms with Crippen LogP contribution in [0.2, 0.25) is 0 Å². The van der Waals surface area contributed by atoms with Crippen molar-refractivity contribution in [2.24, 2.45) is 0 Å². The van der Waals surface area contributed by atoms with Crippen molar-refractivity contribution in [1.82, 2.24) is 14.7 Å². The lowest BCUT2D eigenvalue weighted by atomic mass is 10.2. The smallest absolute Gasteiger partial charge is 0.248 e. The number of hydrogen-bond donors (Lipinski definition) is 0. The number of piperazine rings is 1. The summed E-state index contributed by atoms with van der Waals surface area (Å²) in [6.07, 6.45) is 5.42. The molecule has 3 rings (SSSR count). The number of amides is 2. The molecule has 7 heteroatoms. The van der Waals surface area contributed by atoms with Gasteiger partial charge in [0.1, 0.15) is 12.4 Å². The van der Waals surface area contributed by atoms with E-state index in [0.717, 1.165) is 42.9 Å². The number of carbonyl (C=O) groups is 2. The zero-order valence-electron chi connectivity index (χ0n) is 21.6. The molecule has 194 valence electrons. The van der Waals surface area contributed by atoms with Gasteiger partial charge in [0.05, 0.1) is 13.7 Å². The standard InChI is InChI=1S/C29H39N3O4/c1-3-10-28(33)31(16-9-14-26-13-7-8-15-27(26)35-2)20-17-30-18-21-32(22-19-30)29(34)24-36-23-25-11-5-4-6-12-25/h4-9,11-15H,3,10,16-24H2,1-2H3/b14-9+. The molecule has 0 unspecified atom stereocenters. The number of ether oxygens (including phenoxy) is 2. The minimum absolute atomic E-state index is 0.0341. The Morgan fingerprint density at radius 3 is 2.44 bits per heavy atom. The minimum Gasteiger partial charge on any atom is -0.496 e. The third kappa shape index (κ3) is 8.81. The number of carbonyl (C=O) groups excluding carboxylic acids is 2. The van der Waals surface area contributed by atoms with Crippen LogP contribution in [-0.4, -0.2) is 86.0 Å². The van der Waals surface area contributed by atoms with E-state index in [1.165, 1.54) is 0 Å². The molecule has 0 atom stereocenters. The lowest BCUT2D eigenvalue weighted by Crippen LogP contribution is -2.51. The summed E-state index contributed by atoms with van der Waals surface area (Å²) in [5, 5.41) is 0. The summed E-state index contributed by atoms with van der Waals surface area (Å²) in [7, 11) is 1.66. The number of rotatable bonds is 13. The van der Waals surface area contributed by atoms with Crippen LogP contribution in [-0.2, 0) is 20.9 Å². The molecule has 1 aliphatic rings. The summed E-state index contributed by atoms with van der Waals surface area (Å²) >= 11 is 0. The maximum Gasteiger partial charge on any atom is 0.248 e. The van der Waals surface area contributed by atoms with Crippen LogP contribution < -0.4 is 4.74 Å². The summed E-state index contributed by atoms with van der Waals surface area (Å²) in [6, 6.07) is 17.7. The van der Waals surface area contributed by atoms with E-state index in [9.17, 15) is 9.59 Å². The second kappa shape index (κ2) is 15.1. The molecule has 0 saturated carbocycles. The molecular weight excluding hydrogens is 454 g/mol. The van der Waals surface area contributed by atoms with Gasteiger partial charge in [-0.15, -0.1) is 0 Å². The molecule has 1 heterocycles. The Balaban J connectivity index is 1.42.